The van der Waals surface area contributed by atoms with Gasteiger partial charge >= 0.3 is 6.01 Å². The molecule has 1 N–H and O–H groups in total. The first-order valence-electron chi connectivity index (χ1n) is 12.6. The standard InChI is InChI=1S/C25H31N7O3S/c1-32-10-2-3-17(32)14-34-19-11-27-22(28-12-19)31-24-29-13-21(36-24)20-6-9-26-23(30-20)35-18-4-7-25(8-5-18)15-33-16-25/h6,9,11-13,17-18H,2-5,7-8,10,14-16H2,1H3,(H,27,28,29,31)/t17-/m1/s1. The number of aromatic nitrogens is 5. The maximum Gasteiger partial charge on any atom is 0.317 e. The molecular weight excluding hydrogens is 478 g/mol. The van der Waals surface area contributed by atoms with Crippen LogP contribution in [0, 0.1) is 5.41 Å². The van der Waals surface area contributed by atoms with Crippen LogP contribution < -0.4 is 14.8 Å². The summed E-state index contributed by atoms with van der Waals surface area (Å²) in [6, 6.07) is 2.75. The molecule has 0 aromatic carbocycles. The molecule has 0 bridgehead atoms. The molecule has 0 radical (unpaired) electrons. The fourth-order valence-electron chi connectivity index (χ4n) is 5.07. The van der Waals surface area contributed by atoms with Gasteiger partial charge in [0, 0.05) is 23.9 Å². The molecule has 0 amide bonds. The highest BCUT2D eigenvalue weighted by molar-refractivity contribution is 7.18. The lowest BCUT2D eigenvalue weighted by Gasteiger charge is -2.45. The Morgan fingerprint density at radius 3 is 2.67 bits per heavy atom. The molecule has 1 spiro atoms. The summed E-state index contributed by atoms with van der Waals surface area (Å²) in [6.07, 6.45) is 13.8. The Balaban J connectivity index is 1.03. The summed E-state index contributed by atoms with van der Waals surface area (Å²) >= 11 is 1.48. The largest absolute Gasteiger partial charge is 0.489 e. The predicted octanol–water partition coefficient (Wildman–Crippen LogP) is 3.94. The third kappa shape index (κ3) is 5.28. The van der Waals surface area contributed by atoms with Gasteiger partial charge in [0.05, 0.1) is 36.2 Å². The van der Waals surface area contributed by atoms with Crippen molar-refractivity contribution in [3.05, 3.63) is 30.9 Å². The molecule has 1 atom stereocenters. The molecule has 5 heterocycles. The van der Waals surface area contributed by atoms with E-state index in [1.807, 2.05) is 6.07 Å². The number of ether oxygens (including phenoxy) is 3. The number of anilines is 2. The molecule has 11 heteroatoms. The second-order valence-electron chi connectivity index (χ2n) is 10.0. The molecule has 3 aliphatic rings. The number of hydrogen-bond donors (Lipinski definition) is 1. The molecule has 10 nitrogen and oxygen atoms in total. The van der Waals surface area contributed by atoms with E-state index in [2.05, 4.69) is 42.2 Å². The van der Waals surface area contributed by atoms with E-state index in [0.29, 0.717) is 40.9 Å². The lowest BCUT2D eigenvalue weighted by Crippen LogP contribution is -2.46. The van der Waals surface area contributed by atoms with E-state index in [1.54, 1.807) is 24.8 Å². The van der Waals surface area contributed by atoms with Crippen LogP contribution in [0.5, 0.6) is 11.8 Å². The average Bonchev–Trinajstić information content (AvgIpc) is 3.52. The first-order chi connectivity index (χ1) is 17.6. The molecule has 3 aromatic rings. The van der Waals surface area contributed by atoms with E-state index in [1.165, 1.54) is 24.2 Å². The zero-order valence-corrected chi connectivity index (χ0v) is 21.2. The van der Waals surface area contributed by atoms with Gasteiger partial charge in [-0.25, -0.2) is 19.9 Å². The Kier molecular flexibility index (Phi) is 6.68. The third-order valence-electron chi connectivity index (χ3n) is 7.43. The number of thiazole rings is 1. The molecule has 1 aliphatic carbocycles. The Labute approximate surface area is 214 Å². The number of likely N-dealkylation sites (N-methyl/N-ethyl adjacent to an activating group) is 1. The second-order valence-corrected chi connectivity index (χ2v) is 11.0. The van der Waals surface area contributed by atoms with Crippen molar-refractivity contribution in [2.45, 2.75) is 50.7 Å². The summed E-state index contributed by atoms with van der Waals surface area (Å²) in [5.74, 6) is 1.14. The highest BCUT2D eigenvalue weighted by atomic mass is 32.1. The predicted molar refractivity (Wildman–Crippen MR) is 136 cm³/mol. The van der Waals surface area contributed by atoms with Crippen LogP contribution in [0.4, 0.5) is 11.1 Å². The molecule has 3 fully saturated rings. The lowest BCUT2D eigenvalue weighted by atomic mass is 9.72. The van der Waals surface area contributed by atoms with Crippen LogP contribution in [-0.2, 0) is 4.74 Å². The lowest BCUT2D eigenvalue weighted by molar-refractivity contribution is -0.140. The molecule has 3 aromatic heterocycles. The van der Waals surface area contributed by atoms with Gasteiger partial charge in [0.2, 0.25) is 5.95 Å². The van der Waals surface area contributed by atoms with Crippen LogP contribution in [0.15, 0.2) is 30.9 Å². The third-order valence-corrected chi connectivity index (χ3v) is 8.37. The van der Waals surface area contributed by atoms with Crippen molar-refractivity contribution in [1.29, 1.82) is 0 Å². The Morgan fingerprint density at radius 2 is 1.94 bits per heavy atom. The maximum absolute atomic E-state index is 6.12. The first-order valence-corrected chi connectivity index (χ1v) is 13.4. The Bertz CT molecular complexity index is 1160. The van der Waals surface area contributed by atoms with Crippen molar-refractivity contribution in [1.82, 2.24) is 29.8 Å². The normalized spacial score (nSPS) is 21.9. The molecule has 2 saturated heterocycles. The number of hydrogen-bond acceptors (Lipinski definition) is 11. The fourth-order valence-corrected chi connectivity index (χ4v) is 5.85. The molecule has 2 aliphatic heterocycles. The van der Waals surface area contributed by atoms with Gasteiger partial charge in [-0.3, -0.25) is 0 Å². The van der Waals surface area contributed by atoms with Crippen LogP contribution in [0.3, 0.4) is 0 Å². The van der Waals surface area contributed by atoms with Crippen molar-refractivity contribution in [3.63, 3.8) is 0 Å². The van der Waals surface area contributed by atoms with E-state index in [0.717, 1.165) is 56.0 Å². The van der Waals surface area contributed by atoms with Gasteiger partial charge in [0.1, 0.15) is 12.7 Å². The number of likely N-dealkylation sites (tertiary alicyclic amines) is 1. The van der Waals surface area contributed by atoms with Gasteiger partial charge in [-0.2, -0.15) is 4.98 Å². The summed E-state index contributed by atoms with van der Waals surface area (Å²) in [4.78, 5) is 25.4. The second kappa shape index (κ2) is 10.2. The van der Waals surface area contributed by atoms with Gasteiger partial charge in [0.15, 0.2) is 10.9 Å². The van der Waals surface area contributed by atoms with E-state index in [-0.39, 0.29) is 6.10 Å². The minimum atomic E-state index is 0.160. The highest BCUT2D eigenvalue weighted by Gasteiger charge is 2.42. The molecule has 36 heavy (non-hydrogen) atoms. The Hall–Kier alpha value is -2.89. The summed E-state index contributed by atoms with van der Waals surface area (Å²) < 4.78 is 17.4. The van der Waals surface area contributed by atoms with Crippen LogP contribution in [0.25, 0.3) is 10.6 Å². The van der Waals surface area contributed by atoms with Crippen LogP contribution in [0.2, 0.25) is 0 Å². The summed E-state index contributed by atoms with van der Waals surface area (Å²) in [5, 5.41) is 3.85. The summed E-state index contributed by atoms with van der Waals surface area (Å²) in [6.45, 7) is 3.58. The van der Waals surface area contributed by atoms with Crippen LogP contribution in [0.1, 0.15) is 38.5 Å². The van der Waals surface area contributed by atoms with Crippen molar-refractivity contribution in [2.24, 2.45) is 5.41 Å². The van der Waals surface area contributed by atoms with Gasteiger partial charge in [0.25, 0.3) is 0 Å². The first kappa shape index (κ1) is 23.5. The van der Waals surface area contributed by atoms with Crippen molar-refractivity contribution >= 4 is 22.4 Å². The van der Waals surface area contributed by atoms with Gasteiger partial charge in [-0.15, -0.1) is 0 Å². The van der Waals surface area contributed by atoms with Crippen LogP contribution >= 0.6 is 11.3 Å². The van der Waals surface area contributed by atoms with Gasteiger partial charge in [-0.1, -0.05) is 11.3 Å². The number of nitrogens with one attached hydrogen (secondary N) is 1. The summed E-state index contributed by atoms with van der Waals surface area (Å²) in [5.41, 5.74) is 1.18. The minimum absolute atomic E-state index is 0.160. The Morgan fingerprint density at radius 1 is 1.11 bits per heavy atom. The van der Waals surface area contributed by atoms with Crippen molar-refractivity contribution in [3.8, 4) is 22.3 Å². The van der Waals surface area contributed by atoms with E-state index in [9.17, 15) is 0 Å². The molecule has 6 rings (SSSR count). The molecule has 190 valence electrons. The van der Waals surface area contributed by atoms with Gasteiger partial charge < -0.3 is 24.4 Å². The van der Waals surface area contributed by atoms with E-state index in [4.69, 9.17) is 14.2 Å². The van der Waals surface area contributed by atoms with Gasteiger partial charge in [-0.05, 0) is 58.2 Å². The number of rotatable bonds is 8. The quantitative estimate of drug-likeness (QED) is 0.480. The fraction of sp³-hybridized carbons (Fsp3) is 0.560. The minimum Gasteiger partial charge on any atom is -0.489 e. The maximum atomic E-state index is 6.12. The number of nitrogens with zero attached hydrogens (tertiary/aromatic N) is 6. The summed E-state index contributed by atoms with van der Waals surface area (Å²) in [7, 11) is 2.14. The van der Waals surface area contributed by atoms with Crippen LogP contribution in [-0.4, -0.2) is 75.4 Å². The highest BCUT2D eigenvalue weighted by Crippen LogP contribution is 2.43. The monoisotopic (exact) mass is 509 g/mol. The average molecular weight is 510 g/mol. The molecule has 1 saturated carbocycles. The smallest absolute Gasteiger partial charge is 0.317 e. The van der Waals surface area contributed by atoms with E-state index >= 15 is 0 Å². The zero-order chi connectivity index (χ0) is 24.4. The SMILES string of the molecule is CN1CCC[C@@H]1COc1cnc(Nc2ncc(-c3ccnc(OC4CCC5(CC4)COC5)n3)s2)nc1. The van der Waals surface area contributed by atoms with E-state index < -0.39 is 0 Å². The topological polar surface area (TPSA) is 107 Å². The zero-order valence-electron chi connectivity index (χ0n) is 20.4. The molecule has 0 unspecified atom stereocenters. The molecular formula is C25H31N7O3S. The van der Waals surface area contributed by atoms with Crippen molar-refractivity contribution in [2.75, 3.05) is 38.7 Å². The van der Waals surface area contributed by atoms with Crippen molar-refractivity contribution < 1.29 is 14.2 Å².